The third-order valence-corrected chi connectivity index (χ3v) is 3.76. The van der Waals surface area contributed by atoms with Gasteiger partial charge >= 0.3 is 5.97 Å². The van der Waals surface area contributed by atoms with Crippen molar-refractivity contribution < 1.29 is 14.7 Å². The molecule has 0 saturated carbocycles. The number of amides is 1. The average molecular weight is 284 g/mol. The first-order chi connectivity index (χ1) is 9.43. The van der Waals surface area contributed by atoms with Crippen molar-refractivity contribution in [2.75, 3.05) is 26.2 Å². The van der Waals surface area contributed by atoms with Gasteiger partial charge in [0.15, 0.2) is 0 Å². The fraction of sp³-hybridized carbons (Fsp3) is 0.867. The Morgan fingerprint density at radius 2 is 2.00 bits per heavy atom. The van der Waals surface area contributed by atoms with E-state index >= 15 is 0 Å². The molecule has 0 spiro atoms. The highest BCUT2D eigenvalue weighted by atomic mass is 16.4. The molecule has 1 N–H and O–H groups in total. The summed E-state index contributed by atoms with van der Waals surface area (Å²) in [7, 11) is 0. The Bertz CT molecular complexity index is 331. The third kappa shape index (κ3) is 5.49. The number of hydrogen-bond acceptors (Lipinski definition) is 3. The fourth-order valence-electron chi connectivity index (χ4n) is 2.93. The van der Waals surface area contributed by atoms with Crippen LogP contribution in [-0.4, -0.2) is 59.0 Å². The molecule has 20 heavy (non-hydrogen) atoms. The van der Waals surface area contributed by atoms with Crippen LogP contribution in [0.3, 0.4) is 0 Å². The Balaban J connectivity index is 2.61. The summed E-state index contributed by atoms with van der Waals surface area (Å²) in [6, 6.07) is 0.335. The third-order valence-electron chi connectivity index (χ3n) is 3.76. The number of rotatable bonds is 7. The molecule has 5 heteroatoms. The van der Waals surface area contributed by atoms with Crippen molar-refractivity contribution in [2.45, 2.75) is 52.5 Å². The molecule has 1 heterocycles. The van der Waals surface area contributed by atoms with E-state index in [1.54, 1.807) is 4.90 Å². The van der Waals surface area contributed by atoms with Crippen LogP contribution in [0, 0.1) is 5.92 Å². The minimum Gasteiger partial charge on any atom is -0.480 e. The molecule has 1 rings (SSSR count). The van der Waals surface area contributed by atoms with Gasteiger partial charge in [0.05, 0.1) is 13.1 Å². The SMILES string of the molecule is CCC1CCCCN1C(=O)CN(CC(=O)O)CC(C)C. The largest absolute Gasteiger partial charge is 0.480 e. The van der Waals surface area contributed by atoms with Crippen LogP contribution in [0.15, 0.2) is 0 Å². The Morgan fingerprint density at radius 1 is 1.30 bits per heavy atom. The number of carboxylic acid groups (broad SMARTS) is 1. The molecule has 0 aliphatic carbocycles. The van der Waals surface area contributed by atoms with Crippen molar-refractivity contribution in [1.82, 2.24) is 9.80 Å². The molecule has 0 aromatic carbocycles. The molecule has 0 radical (unpaired) electrons. The van der Waals surface area contributed by atoms with Crippen LogP contribution in [-0.2, 0) is 9.59 Å². The van der Waals surface area contributed by atoms with Crippen molar-refractivity contribution in [2.24, 2.45) is 5.92 Å². The molecule has 1 aliphatic heterocycles. The summed E-state index contributed by atoms with van der Waals surface area (Å²) in [6.45, 7) is 7.81. The second-order valence-corrected chi connectivity index (χ2v) is 6.10. The Hall–Kier alpha value is -1.10. The van der Waals surface area contributed by atoms with Gasteiger partial charge in [-0.15, -0.1) is 0 Å². The maximum Gasteiger partial charge on any atom is 0.317 e. The van der Waals surface area contributed by atoms with Gasteiger partial charge in [-0.2, -0.15) is 0 Å². The second kappa shape index (κ2) is 8.25. The van der Waals surface area contributed by atoms with Crippen molar-refractivity contribution >= 4 is 11.9 Å². The van der Waals surface area contributed by atoms with E-state index in [1.807, 2.05) is 18.7 Å². The van der Waals surface area contributed by atoms with Gasteiger partial charge in [-0.25, -0.2) is 0 Å². The molecule has 1 aliphatic rings. The van der Waals surface area contributed by atoms with E-state index in [1.165, 1.54) is 6.42 Å². The Kier molecular flexibility index (Phi) is 6.99. The van der Waals surface area contributed by atoms with Crippen LogP contribution in [0.1, 0.15) is 46.5 Å². The van der Waals surface area contributed by atoms with Gasteiger partial charge in [-0.3, -0.25) is 14.5 Å². The Labute approximate surface area is 121 Å². The molecule has 0 bridgehead atoms. The number of likely N-dealkylation sites (tertiary alicyclic amines) is 1. The molecule has 1 atom stereocenters. The maximum absolute atomic E-state index is 12.4. The normalized spacial score (nSPS) is 19.6. The number of carbonyl (C=O) groups excluding carboxylic acids is 1. The number of carbonyl (C=O) groups is 2. The molecule has 1 saturated heterocycles. The molecule has 1 amide bonds. The van der Waals surface area contributed by atoms with Gasteiger partial charge < -0.3 is 10.0 Å². The number of aliphatic carboxylic acids is 1. The standard InChI is InChI=1S/C15H28N2O3/c1-4-13-7-5-6-8-17(13)14(18)10-16(9-12(2)3)11-15(19)20/h12-13H,4-11H2,1-3H3,(H,19,20). The average Bonchev–Trinajstić information content (AvgIpc) is 2.36. The smallest absolute Gasteiger partial charge is 0.317 e. The topological polar surface area (TPSA) is 60.9 Å². The van der Waals surface area contributed by atoms with Crippen LogP contribution in [0.4, 0.5) is 0 Å². The molecule has 1 fully saturated rings. The number of piperidine rings is 1. The van der Waals surface area contributed by atoms with Gasteiger partial charge in [0.25, 0.3) is 0 Å². The molecule has 116 valence electrons. The maximum atomic E-state index is 12.4. The minimum atomic E-state index is -0.871. The van der Waals surface area contributed by atoms with Crippen LogP contribution in [0.25, 0.3) is 0 Å². The highest BCUT2D eigenvalue weighted by molar-refractivity contribution is 5.79. The molecule has 5 nitrogen and oxygen atoms in total. The lowest BCUT2D eigenvalue weighted by Crippen LogP contribution is -2.49. The number of nitrogens with zero attached hydrogens (tertiary/aromatic N) is 2. The van der Waals surface area contributed by atoms with Crippen LogP contribution in [0.5, 0.6) is 0 Å². The van der Waals surface area contributed by atoms with Gasteiger partial charge in [0, 0.05) is 19.1 Å². The summed E-state index contributed by atoms with van der Waals surface area (Å²) in [4.78, 5) is 27.0. The van der Waals surface area contributed by atoms with Crippen molar-refractivity contribution in [3.05, 3.63) is 0 Å². The second-order valence-electron chi connectivity index (χ2n) is 6.10. The van der Waals surface area contributed by atoms with Gasteiger partial charge in [0.1, 0.15) is 0 Å². The zero-order valence-electron chi connectivity index (χ0n) is 13.0. The predicted octanol–water partition coefficient (Wildman–Crippen LogP) is 1.82. The summed E-state index contributed by atoms with van der Waals surface area (Å²) in [6.07, 6.45) is 4.30. The van der Waals surface area contributed by atoms with Crippen LogP contribution >= 0.6 is 0 Å². The quantitative estimate of drug-likeness (QED) is 0.774. The predicted molar refractivity (Wildman–Crippen MR) is 78.6 cm³/mol. The van der Waals surface area contributed by atoms with Crippen LogP contribution < -0.4 is 0 Å². The highest BCUT2D eigenvalue weighted by Crippen LogP contribution is 2.19. The van der Waals surface area contributed by atoms with E-state index in [-0.39, 0.29) is 19.0 Å². The number of hydrogen-bond donors (Lipinski definition) is 1. The van der Waals surface area contributed by atoms with E-state index in [9.17, 15) is 9.59 Å². The zero-order chi connectivity index (χ0) is 15.1. The Morgan fingerprint density at radius 3 is 2.55 bits per heavy atom. The van der Waals surface area contributed by atoms with E-state index in [4.69, 9.17) is 5.11 Å². The zero-order valence-corrected chi connectivity index (χ0v) is 13.0. The van der Waals surface area contributed by atoms with Gasteiger partial charge in [0.2, 0.25) is 5.91 Å². The van der Waals surface area contributed by atoms with Crippen molar-refractivity contribution in [1.29, 1.82) is 0 Å². The summed E-state index contributed by atoms with van der Waals surface area (Å²) in [5.41, 5.74) is 0. The summed E-state index contributed by atoms with van der Waals surface area (Å²) >= 11 is 0. The first-order valence-corrected chi connectivity index (χ1v) is 7.67. The minimum absolute atomic E-state index is 0.0610. The van der Waals surface area contributed by atoms with E-state index in [0.29, 0.717) is 18.5 Å². The molecular weight excluding hydrogens is 256 g/mol. The van der Waals surface area contributed by atoms with Crippen LogP contribution in [0.2, 0.25) is 0 Å². The lowest BCUT2D eigenvalue weighted by molar-refractivity contribution is -0.141. The summed E-state index contributed by atoms with van der Waals surface area (Å²) < 4.78 is 0. The molecule has 1 unspecified atom stereocenters. The number of carboxylic acids is 1. The molecule has 0 aromatic rings. The lowest BCUT2D eigenvalue weighted by atomic mass is 10.00. The first-order valence-electron chi connectivity index (χ1n) is 7.67. The first kappa shape index (κ1) is 17.0. The fourth-order valence-corrected chi connectivity index (χ4v) is 2.93. The van der Waals surface area contributed by atoms with Gasteiger partial charge in [-0.1, -0.05) is 20.8 Å². The lowest BCUT2D eigenvalue weighted by Gasteiger charge is -2.36. The van der Waals surface area contributed by atoms with E-state index < -0.39 is 5.97 Å². The van der Waals surface area contributed by atoms with E-state index in [2.05, 4.69) is 6.92 Å². The monoisotopic (exact) mass is 284 g/mol. The van der Waals surface area contributed by atoms with Gasteiger partial charge in [-0.05, 0) is 31.6 Å². The van der Waals surface area contributed by atoms with E-state index in [0.717, 1.165) is 25.8 Å². The molecule has 0 aromatic heterocycles. The summed E-state index contributed by atoms with van der Waals surface area (Å²) in [5, 5.41) is 8.95. The van der Waals surface area contributed by atoms with Crippen molar-refractivity contribution in [3.8, 4) is 0 Å². The summed E-state index contributed by atoms with van der Waals surface area (Å²) in [5.74, 6) is -0.437. The highest BCUT2D eigenvalue weighted by Gasteiger charge is 2.27. The van der Waals surface area contributed by atoms with Crippen molar-refractivity contribution in [3.63, 3.8) is 0 Å². The molecular formula is C15H28N2O3.